The van der Waals surface area contributed by atoms with Gasteiger partial charge in [0.15, 0.2) is 0 Å². The highest BCUT2D eigenvalue weighted by Crippen LogP contribution is 2.04. The van der Waals surface area contributed by atoms with E-state index in [1.807, 2.05) is 6.26 Å². The molecule has 0 saturated carbocycles. The summed E-state index contributed by atoms with van der Waals surface area (Å²) < 4.78 is 5.07. The van der Waals surface area contributed by atoms with E-state index in [1.165, 1.54) is 51.1 Å². The van der Waals surface area contributed by atoms with Crippen LogP contribution in [0.1, 0.15) is 18.4 Å². The molecule has 0 spiro atoms. The van der Waals surface area contributed by atoms with E-state index in [1.54, 1.807) is 6.26 Å². The topological polar surface area (TPSA) is 28.4 Å². The molecule has 3 heteroatoms. The van der Waals surface area contributed by atoms with Crippen LogP contribution in [0.5, 0.6) is 0 Å². The van der Waals surface area contributed by atoms with Gasteiger partial charge in [-0.05, 0) is 57.1 Å². The van der Waals surface area contributed by atoms with Crippen molar-refractivity contribution in [1.29, 1.82) is 0 Å². The van der Waals surface area contributed by atoms with E-state index in [4.69, 9.17) is 4.42 Å². The first-order valence-electron chi connectivity index (χ1n) is 5.89. The molecule has 2 rings (SSSR count). The van der Waals surface area contributed by atoms with E-state index in [0.717, 1.165) is 6.42 Å². The van der Waals surface area contributed by atoms with Crippen molar-refractivity contribution in [2.24, 2.45) is 0 Å². The molecular weight excluding hydrogens is 188 g/mol. The molecule has 84 valence electrons. The Morgan fingerprint density at radius 1 is 1.27 bits per heavy atom. The molecule has 0 unspecified atom stereocenters. The molecule has 1 fully saturated rings. The van der Waals surface area contributed by atoms with Crippen LogP contribution < -0.4 is 5.32 Å². The molecule has 1 saturated heterocycles. The standard InChI is InChI=1S/C12H20N2O/c1-5-13-6-2-8-14(7-1)9-3-12-4-10-15-11-12/h4,10-11,13H,1-3,5-9H2. The molecule has 0 radical (unpaired) electrons. The number of hydrogen-bond donors (Lipinski definition) is 1. The third-order valence-electron chi connectivity index (χ3n) is 2.95. The average Bonchev–Trinajstić information content (AvgIpc) is 2.68. The molecule has 0 atom stereocenters. The third-order valence-corrected chi connectivity index (χ3v) is 2.95. The molecule has 0 amide bonds. The number of rotatable bonds is 3. The van der Waals surface area contributed by atoms with Crippen molar-refractivity contribution in [3.05, 3.63) is 24.2 Å². The Hall–Kier alpha value is -0.800. The molecule has 1 aromatic rings. The van der Waals surface area contributed by atoms with Crippen molar-refractivity contribution in [2.75, 3.05) is 32.7 Å². The fourth-order valence-electron chi connectivity index (χ4n) is 2.04. The molecule has 3 nitrogen and oxygen atoms in total. The summed E-state index contributed by atoms with van der Waals surface area (Å²) in [5.41, 5.74) is 1.31. The van der Waals surface area contributed by atoms with Crippen molar-refractivity contribution >= 4 is 0 Å². The summed E-state index contributed by atoms with van der Waals surface area (Å²) in [6.07, 6.45) is 7.26. The smallest absolute Gasteiger partial charge is 0.0934 e. The van der Waals surface area contributed by atoms with Crippen molar-refractivity contribution in [1.82, 2.24) is 10.2 Å². The number of nitrogens with zero attached hydrogens (tertiary/aromatic N) is 1. The van der Waals surface area contributed by atoms with E-state index in [2.05, 4.69) is 16.3 Å². The highest BCUT2D eigenvalue weighted by molar-refractivity contribution is 5.05. The van der Waals surface area contributed by atoms with Gasteiger partial charge in [-0.3, -0.25) is 0 Å². The minimum Gasteiger partial charge on any atom is -0.472 e. The van der Waals surface area contributed by atoms with Gasteiger partial charge in [-0.1, -0.05) is 0 Å². The lowest BCUT2D eigenvalue weighted by Crippen LogP contribution is -2.35. The lowest BCUT2D eigenvalue weighted by atomic mass is 10.2. The minimum atomic E-state index is 1.12. The fraction of sp³-hybridized carbons (Fsp3) is 0.667. The van der Waals surface area contributed by atoms with Gasteiger partial charge in [0.25, 0.3) is 0 Å². The second-order valence-electron chi connectivity index (χ2n) is 4.18. The first-order chi connectivity index (χ1) is 7.45. The molecule has 1 N–H and O–H groups in total. The molecule has 1 aliphatic rings. The fourth-order valence-corrected chi connectivity index (χ4v) is 2.04. The zero-order valence-electron chi connectivity index (χ0n) is 9.24. The normalized spacial score (nSPS) is 19.7. The summed E-state index contributed by atoms with van der Waals surface area (Å²) in [5.74, 6) is 0. The van der Waals surface area contributed by atoms with Crippen LogP contribution in [0.4, 0.5) is 0 Å². The maximum absolute atomic E-state index is 5.07. The molecule has 1 aliphatic heterocycles. The number of nitrogens with one attached hydrogen (secondary N) is 1. The van der Waals surface area contributed by atoms with Crippen LogP contribution in [0.15, 0.2) is 23.0 Å². The molecule has 0 aromatic carbocycles. The summed E-state index contributed by atoms with van der Waals surface area (Å²) in [6, 6.07) is 2.06. The molecule has 0 aliphatic carbocycles. The summed E-state index contributed by atoms with van der Waals surface area (Å²) >= 11 is 0. The first kappa shape index (κ1) is 10.7. The predicted molar refractivity (Wildman–Crippen MR) is 61.0 cm³/mol. The maximum Gasteiger partial charge on any atom is 0.0934 e. The zero-order chi connectivity index (χ0) is 10.3. The van der Waals surface area contributed by atoms with Gasteiger partial charge in [-0.15, -0.1) is 0 Å². The van der Waals surface area contributed by atoms with Crippen molar-refractivity contribution in [2.45, 2.75) is 19.3 Å². The average molecular weight is 208 g/mol. The van der Waals surface area contributed by atoms with Gasteiger partial charge in [0.2, 0.25) is 0 Å². The van der Waals surface area contributed by atoms with Gasteiger partial charge in [0, 0.05) is 6.54 Å². The van der Waals surface area contributed by atoms with Crippen LogP contribution in [-0.2, 0) is 6.42 Å². The molecular formula is C12H20N2O. The summed E-state index contributed by atoms with van der Waals surface area (Å²) in [5, 5.41) is 3.44. The third kappa shape index (κ3) is 3.68. The van der Waals surface area contributed by atoms with E-state index in [0.29, 0.717) is 0 Å². The highest BCUT2D eigenvalue weighted by Gasteiger charge is 2.07. The minimum absolute atomic E-state index is 1.12. The SMILES string of the molecule is c1cc(CCN2CCCNCCC2)co1. The van der Waals surface area contributed by atoms with Gasteiger partial charge >= 0.3 is 0 Å². The number of furan rings is 1. The Labute approximate surface area is 91.4 Å². The van der Waals surface area contributed by atoms with E-state index >= 15 is 0 Å². The first-order valence-corrected chi connectivity index (χ1v) is 5.89. The largest absolute Gasteiger partial charge is 0.472 e. The maximum atomic E-state index is 5.07. The summed E-state index contributed by atoms with van der Waals surface area (Å²) in [6.45, 7) is 5.96. The molecule has 1 aromatic heterocycles. The van der Waals surface area contributed by atoms with Crippen LogP contribution in [0.2, 0.25) is 0 Å². The van der Waals surface area contributed by atoms with Crippen LogP contribution >= 0.6 is 0 Å². The molecule has 15 heavy (non-hydrogen) atoms. The second kappa shape index (κ2) is 5.93. The Balaban J connectivity index is 1.72. The van der Waals surface area contributed by atoms with Crippen LogP contribution in [-0.4, -0.2) is 37.6 Å². The lowest BCUT2D eigenvalue weighted by molar-refractivity contribution is 0.255. The van der Waals surface area contributed by atoms with Crippen LogP contribution in [0, 0.1) is 0 Å². The summed E-state index contributed by atoms with van der Waals surface area (Å²) in [4.78, 5) is 2.56. The quantitative estimate of drug-likeness (QED) is 0.816. The predicted octanol–water partition coefficient (Wildman–Crippen LogP) is 1.51. The van der Waals surface area contributed by atoms with Gasteiger partial charge in [-0.25, -0.2) is 0 Å². The van der Waals surface area contributed by atoms with Crippen molar-refractivity contribution in [3.63, 3.8) is 0 Å². The zero-order valence-corrected chi connectivity index (χ0v) is 9.24. The van der Waals surface area contributed by atoms with Gasteiger partial charge in [0.05, 0.1) is 12.5 Å². The number of hydrogen-bond acceptors (Lipinski definition) is 3. The molecule has 0 bridgehead atoms. The second-order valence-corrected chi connectivity index (χ2v) is 4.18. The van der Waals surface area contributed by atoms with E-state index in [-0.39, 0.29) is 0 Å². The Morgan fingerprint density at radius 3 is 2.73 bits per heavy atom. The molecule has 2 heterocycles. The van der Waals surface area contributed by atoms with Gasteiger partial charge < -0.3 is 14.6 Å². The van der Waals surface area contributed by atoms with E-state index < -0.39 is 0 Å². The lowest BCUT2D eigenvalue weighted by Gasteiger charge is -2.24. The highest BCUT2D eigenvalue weighted by atomic mass is 16.3. The van der Waals surface area contributed by atoms with Gasteiger partial charge in [0.1, 0.15) is 0 Å². The van der Waals surface area contributed by atoms with Crippen LogP contribution in [0.3, 0.4) is 0 Å². The Bertz CT molecular complexity index is 251. The van der Waals surface area contributed by atoms with Crippen molar-refractivity contribution < 1.29 is 4.42 Å². The van der Waals surface area contributed by atoms with Crippen molar-refractivity contribution in [3.8, 4) is 0 Å². The Morgan fingerprint density at radius 2 is 2.07 bits per heavy atom. The van der Waals surface area contributed by atoms with Gasteiger partial charge in [-0.2, -0.15) is 0 Å². The van der Waals surface area contributed by atoms with E-state index in [9.17, 15) is 0 Å². The Kier molecular flexibility index (Phi) is 4.23. The van der Waals surface area contributed by atoms with Crippen LogP contribution in [0.25, 0.3) is 0 Å². The summed E-state index contributed by atoms with van der Waals surface area (Å²) in [7, 11) is 0. The monoisotopic (exact) mass is 208 g/mol.